The van der Waals surface area contributed by atoms with Crippen LogP contribution < -0.4 is 14.2 Å². The number of benzene rings is 3. The SMILES string of the molecule is COc1cc(-c2nnc(SCc3ccc(Cl)cc3Cl)n2-c2ccc(O)cc2)cc(OC)c1OC. The second-order valence-electron chi connectivity index (χ2n) is 7.10. The van der Waals surface area contributed by atoms with Crippen molar-refractivity contribution in [3.63, 3.8) is 0 Å². The standard InChI is InChI=1S/C24H21Cl2N3O4S/c1-31-20-10-15(11-21(32-2)22(20)33-3)23-27-28-24(29(23)17-6-8-18(30)9-7-17)34-13-14-4-5-16(25)12-19(14)26/h4-12,30H,13H2,1-3H3. The number of methoxy groups -OCH3 is 3. The summed E-state index contributed by atoms with van der Waals surface area (Å²) in [5.41, 5.74) is 2.41. The van der Waals surface area contributed by atoms with E-state index in [0.29, 0.717) is 49.6 Å². The Bertz CT molecular complexity index is 1290. The average Bonchev–Trinajstić information content (AvgIpc) is 3.26. The predicted molar refractivity (Wildman–Crippen MR) is 134 cm³/mol. The highest BCUT2D eigenvalue weighted by molar-refractivity contribution is 7.98. The number of hydrogen-bond acceptors (Lipinski definition) is 7. The van der Waals surface area contributed by atoms with Crippen LogP contribution in [0.5, 0.6) is 23.0 Å². The minimum Gasteiger partial charge on any atom is -0.508 e. The fraction of sp³-hybridized carbons (Fsp3) is 0.167. The number of nitrogens with zero attached hydrogens (tertiary/aromatic N) is 3. The van der Waals surface area contributed by atoms with E-state index in [0.717, 1.165) is 11.3 Å². The second kappa shape index (κ2) is 10.5. The van der Waals surface area contributed by atoms with Gasteiger partial charge in [0.25, 0.3) is 0 Å². The van der Waals surface area contributed by atoms with Crippen molar-refractivity contribution >= 4 is 35.0 Å². The van der Waals surface area contributed by atoms with Crippen LogP contribution >= 0.6 is 35.0 Å². The van der Waals surface area contributed by atoms with Crippen LogP contribution in [-0.2, 0) is 5.75 Å². The van der Waals surface area contributed by atoms with Gasteiger partial charge in [-0.1, -0.05) is 41.0 Å². The monoisotopic (exact) mass is 517 g/mol. The fourth-order valence-corrected chi connectivity index (χ4v) is 4.89. The minimum atomic E-state index is 0.160. The van der Waals surface area contributed by atoms with E-state index in [-0.39, 0.29) is 5.75 Å². The lowest BCUT2D eigenvalue weighted by atomic mass is 10.1. The van der Waals surface area contributed by atoms with Gasteiger partial charge in [0.1, 0.15) is 5.75 Å². The number of ether oxygens (including phenoxy) is 3. The van der Waals surface area contributed by atoms with Gasteiger partial charge in [0, 0.05) is 27.0 Å². The van der Waals surface area contributed by atoms with Crippen molar-refractivity contribution < 1.29 is 19.3 Å². The summed E-state index contributed by atoms with van der Waals surface area (Å²) in [4.78, 5) is 0. The van der Waals surface area contributed by atoms with Gasteiger partial charge in [-0.25, -0.2) is 0 Å². The zero-order valence-corrected chi connectivity index (χ0v) is 20.9. The van der Waals surface area contributed by atoms with Crippen LogP contribution in [0.15, 0.2) is 59.8 Å². The molecule has 10 heteroatoms. The fourth-order valence-electron chi connectivity index (χ4n) is 3.38. The van der Waals surface area contributed by atoms with Crippen molar-refractivity contribution in [2.75, 3.05) is 21.3 Å². The molecule has 0 radical (unpaired) electrons. The highest BCUT2D eigenvalue weighted by Crippen LogP contribution is 2.42. The Hall–Kier alpha value is -3.07. The first-order chi connectivity index (χ1) is 16.4. The molecule has 1 aromatic heterocycles. The lowest BCUT2D eigenvalue weighted by Crippen LogP contribution is -2.01. The summed E-state index contributed by atoms with van der Waals surface area (Å²) in [6.07, 6.45) is 0. The van der Waals surface area contributed by atoms with Crippen LogP contribution in [0, 0.1) is 0 Å². The topological polar surface area (TPSA) is 78.6 Å². The zero-order valence-electron chi connectivity index (χ0n) is 18.6. The van der Waals surface area contributed by atoms with Crippen molar-refractivity contribution in [1.29, 1.82) is 0 Å². The van der Waals surface area contributed by atoms with Gasteiger partial charge in [0.15, 0.2) is 22.5 Å². The number of aromatic hydroxyl groups is 1. The zero-order chi connectivity index (χ0) is 24.2. The number of phenolic OH excluding ortho intramolecular Hbond substituents is 1. The van der Waals surface area contributed by atoms with Crippen molar-refractivity contribution in [1.82, 2.24) is 14.8 Å². The van der Waals surface area contributed by atoms with Crippen LogP contribution in [0.3, 0.4) is 0 Å². The average molecular weight is 518 g/mol. The van der Waals surface area contributed by atoms with Gasteiger partial charge >= 0.3 is 0 Å². The lowest BCUT2D eigenvalue weighted by Gasteiger charge is -2.15. The molecule has 0 atom stereocenters. The molecule has 0 aliphatic rings. The maximum Gasteiger partial charge on any atom is 0.203 e. The van der Waals surface area contributed by atoms with Gasteiger partial charge in [-0.15, -0.1) is 10.2 Å². The molecule has 0 bridgehead atoms. The van der Waals surface area contributed by atoms with Crippen LogP contribution in [0.2, 0.25) is 10.0 Å². The number of halogens is 2. The van der Waals surface area contributed by atoms with E-state index < -0.39 is 0 Å². The Morgan fingerprint density at radius 2 is 1.56 bits per heavy atom. The summed E-state index contributed by atoms with van der Waals surface area (Å²) in [6, 6.07) is 15.8. The first kappa shape index (κ1) is 24.1. The van der Waals surface area contributed by atoms with Crippen molar-refractivity contribution in [2.24, 2.45) is 0 Å². The van der Waals surface area contributed by atoms with Crippen LogP contribution in [0.1, 0.15) is 5.56 Å². The highest BCUT2D eigenvalue weighted by Gasteiger charge is 2.21. The maximum atomic E-state index is 9.79. The Balaban J connectivity index is 1.81. The Kier molecular flexibility index (Phi) is 7.41. The molecule has 0 spiro atoms. The molecule has 3 aromatic carbocycles. The predicted octanol–water partition coefficient (Wildman–Crippen LogP) is 6.26. The molecule has 1 heterocycles. The largest absolute Gasteiger partial charge is 0.508 e. The minimum absolute atomic E-state index is 0.160. The number of thioether (sulfide) groups is 1. The van der Waals surface area contributed by atoms with Crippen molar-refractivity contribution in [3.8, 4) is 40.1 Å². The van der Waals surface area contributed by atoms with Gasteiger partial charge in [0.2, 0.25) is 5.75 Å². The molecular weight excluding hydrogens is 497 g/mol. The lowest BCUT2D eigenvalue weighted by molar-refractivity contribution is 0.324. The van der Waals surface area contributed by atoms with Crippen LogP contribution in [0.25, 0.3) is 17.1 Å². The second-order valence-corrected chi connectivity index (χ2v) is 8.88. The summed E-state index contributed by atoms with van der Waals surface area (Å²) in [7, 11) is 4.67. The molecule has 0 saturated carbocycles. The quantitative estimate of drug-likeness (QED) is 0.276. The van der Waals surface area contributed by atoms with Gasteiger partial charge in [0.05, 0.1) is 21.3 Å². The third-order valence-corrected chi connectivity index (χ3v) is 6.60. The molecule has 1 N–H and O–H groups in total. The smallest absolute Gasteiger partial charge is 0.203 e. The molecule has 7 nitrogen and oxygen atoms in total. The first-order valence-corrected chi connectivity index (χ1v) is 11.8. The molecule has 4 rings (SSSR count). The van der Waals surface area contributed by atoms with E-state index in [2.05, 4.69) is 10.2 Å². The molecule has 176 valence electrons. The number of hydrogen-bond donors (Lipinski definition) is 1. The summed E-state index contributed by atoms with van der Waals surface area (Å²) in [6.45, 7) is 0. The molecule has 34 heavy (non-hydrogen) atoms. The molecule has 0 aliphatic heterocycles. The van der Waals surface area contributed by atoms with Gasteiger partial charge in [-0.3, -0.25) is 4.57 Å². The third kappa shape index (κ3) is 4.89. The van der Waals surface area contributed by atoms with E-state index in [1.807, 2.05) is 22.8 Å². The molecule has 0 unspecified atom stereocenters. The Labute approximate surface area is 211 Å². The van der Waals surface area contributed by atoms with Crippen LogP contribution in [-0.4, -0.2) is 41.2 Å². The van der Waals surface area contributed by atoms with Crippen molar-refractivity contribution in [2.45, 2.75) is 10.9 Å². The van der Waals surface area contributed by atoms with E-state index >= 15 is 0 Å². The van der Waals surface area contributed by atoms with Crippen LogP contribution in [0.4, 0.5) is 0 Å². The van der Waals surface area contributed by atoms with Gasteiger partial charge < -0.3 is 19.3 Å². The van der Waals surface area contributed by atoms with Gasteiger partial charge in [-0.2, -0.15) is 0 Å². The van der Waals surface area contributed by atoms with E-state index in [1.54, 1.807) is 57.7 Å². The van der Waals surface area contributed by atoms with Gasteiger partial charge in [-0.05, 0) is 54.1 Å². The third-order valence-electron chi connectivity index (χ3n) is 5.04. The number of rotatable bonds is 8. The first-order valence-electron chi connectivity index (χ1n) is 10.1. The summed E-state index contributed by atoms with van der Waals surface area (Å²) in [5.74, 6) is 2.76. The molecule has 0 fully saturated rings. The summed E-state index contributed by atoms with van der Waals surface area (Å²) >= 11 is 13.9. The van der Waals surface area contributed by atoms with Crippen molar-refractivity contribution in [3.05, 3.63) is 70.2 Å². The van der Waals surface area contributed by atoms with E-state index in [9.17, 15) is 5.11 Å². The molecule has 4 aromatic rings. The molecule has 0 aliphatic carbocycles. The number of aromatic nitrogens is 3. The van der Waals surface area contributed by atoms with E-state index in [1.165, 1.54) is 11.8 Å². The van der Waals surface area contributed by atoms with E-state index in [4.69, 9.17) is 37.4 Å². The number of phenols is 1. The highest BCUT2D eigenvalue weighted by atomic mass is 35.5. The summed E-state index contributed by atoms with van der Waals surface area (Å²) in [5, 5.41) is 20.5. The Morgan fingerprint density at radius 1 is 0.882 bits per heavy atom. The Morgan fingerprint density at radius 3 is 2.15 bits per heavy atom. The molecule has 0 saturated heterocycles. The summed E-state index contributed by atoms with van der Waals surface area (Å²) < 4.78 is 18.4. The normalized spacial score (nSPS) is 10.9. The molecular formula is C24H21Cl2N3O4S. The maximum absolute atomic E-state index is 9.79. The molecule has 0 amide bonds.